The van der Waals surface area contributed by atoms with E-state index in [1.165, 1.54) is 0 Å². The molecule has 0 aliphatic heterocycles. The average molecular weight is 303 g/mol. The van der Waals surface area contributed by atoms with Crippen molar-refractivity contribution in [2.45, 2.75) is 33.7 Å². The second kappa shape index (κ2) is 7.53. The number of aryl methyl sites for hydroxylation is 1. The molecule has 0 radical (unpaired) electrons. The van der Waals surface area contributed by atoms with Gasteiger partial charge in [-0.15, -0.1) is 0 Å². The van der Waals surface area contributed by atoms with Crippen LogP contribution in [0.5, 0.6) is 5.75 Å². The van der Waals surface area contributed by atoms with Crippen molar-refractivity contribution in [2.75, 3.05) is 11.9 Å². The van der Waals surface area contributed by atoms with Crippen molar-refractivity contribution >= 4 is 11.9 Å². The van der Waals surface area contributed by atoms with Gasteiger partial charge in [-0.3, -0.25) is 10.1 Å². The molecule has 0 unspecified atom stereocenters. The molecule has 0 saturated heterocycles. The van der Waals surface area contributed by atoms with Crippen LogP contribution in [0.2, 0.25) is 0 Å². The zero-order chi connectivity index (χ0) is 15.9. The minimum atomic E-state index is -0.262. The topological polar surface area (TPSA) is 81.9 Å². The number of anilines is 1. The number of carbonyl (C=O) groups excluding carboxylic acids is 1. The molecule has 2 rings (SSSR count). The zero-order valence-corrected chi connectivity index (χ0v) is 13.1. The molecule has 0 saturated carbocycles. The molecule has 22 heavy (non-hydrogen) atoms. The third-order valence-electron chi connectivity index (χ3n) is 2.87. The van der Waals surface area contributed by atoms with E-state index in [2.05, 4.69) is 34.7 Å². The summed E-state index contributed by atoms with van der Waals surface area (Å²) in [4.78, 5) is 12.3. The molecule has 2 aromatic rings. The summed E-state index contributed by atoms with van der Waals surface area (Å²) in [5.74, 6) is 1.19. The second-order valence-electron chi connectivity index (χ2n) is 5.41. The Morgan fingerprint density at radius 2 is 2.23 bits per heavy atom. The molecule has 0 aliphatic rings. The van der Waals surface area contributed by atoms with E-state index >= 15 is 0 Å². The maximum Gasteiger partial charge on any atom is 0.258 e. The highest BCUT2D eigenvalue weighted by atomic mass is 16.5. The number of amides is 1. The summed E-state index contributed by atoms with van der Waals surface area (Å²) in [5.41, 5.74) is 0.507. The lowest BCUT2D eigenvalue weighted by Crippen LogP contribution is -2.16. The van der Waals surface area contributed by atoms with Gasteiger partial charge in [-0.25, -0.2) is 4.68 Å². The standard InChI is InChI=1S/C15H21N5O2/c1-4-8-20-15(17-18-19-20)16-14(21)12-6-5-7-13(9-12)22-10-11(2)3/h5-7,9,11H,4,8,10H2,1-3H3,(H,16,17,19,21). The van der Waals surface area contributed by atoms with E-state index < -0.39 is 0 Å². The highest BCUT2D eigenvalue weighted by Crippen LogP contribution is 2.15. The summed E-state index contributed by atoms with van der Waals surface area (Å²) < 4.78 is 7.20. The van der Waals surface area contributed by atoms with Crippen LogP contribution in [-0.4, -0.2) is 32.7 Å². The summed E-state index contributed by atoms with van der Waals surface area (Å²) >= 11 is 0. The number of hydrogen-bond donors (Lipinski definition) is 1. The van der Waals surface area contributed by atoms with Gasteiger partial charge >= 0.3 is 0 Å². The highest BCUT2D eigenvalue weighted by molar-refractivity contribution is 6.03. The monoisotopic (exact) mass is 303 g/mol. The van der Waals surface area contributed by atoms with Gasteiger partial charge in [-0.2, -0.15) is 0 Å². The number of carbonyl (C=O) groups is 1. The smallest absolute Gasteiger partial charge is 0.258 e. The van der Waals surface area contributed by atoms with E-state index in [9.17, 15) is 4.79 Å². The molecule has 1 N–H and O–H groups in total. The van der Waals surface area contributed by atoms with Crippen molar-refractivity contribution in [1.29, 1.82) is 0 Å². The molecule has 1 amide bonds. The fourth-order valence-electron chi connectivity index (χ4n) is 1.82. The molecule has 7 nitrogen and oxygen atoms in total. The first kappa shape index (κ1) is 15.9. The van der Waals surface area contributed by atoms with Crippen LogP contribution < -0.4 is 10.1 Å². The van der Waals surface area contributed by atoms with Crippen LogP contribution >= 0.6 is 0 Å². The predicted molar refractivity (Wildman–Crippen MR) is 82.8 cm³/mol. The Morgan fingerprint density at radius 3 is 2.95 bits per heavy atom. The zero-order valence-electron chi connectivity index (χ0n) is 13.1. The normalized spacial score (nSPS) is 10.7. The van der Waals surface area contributed by atoms with Gasteiger partial charge in [0.25, 0.3) is 5.91 Å². The van der Waals surface area contributed by atoms with Crippen LogP contribution in [0.3, 0.4) is 0 Å². The Bertz CT molecular complexity index is 624. The number of nitrogens with zero attached hydrogens (tertiary/aromatic N) is 4. The minimum absolute atomic E-state index is 0.262. The molecule has 118 valence electrons. The van der Waals surface area contributed by atoms with Crippen LogP contribution in [0, 0.1) is 5.92 Å². The number of aromatic nitrogens is 4. The maximum atomic E-state index is 12.3. The molecule has 1 aromatic heterocycles. The van der Waals surface area contributed by atoms with Gasteiger partial charge < -0.3 is 4.74 Å². The number of ether oxygens (including phenoxy) is 1. The summed E-state index contributed by atoms with van der Waals surface area (Å²) in [7, 11) is 0. The summed E-state index contributed by atoms with van der Waals surface area (Å²) in [5, 5.41) is 13.9. The number of nitrogens with one attached hydrogen (secondary N) is 1. The molecule has 0 bridgehead atoms. The molecule has 0 spiro atoms. The molecule has 7 heteroatoms. The Hall–Kier alpha value is -2.44. The summed E-state index contributed by atoms with van der Waals surface area (Å²) in [6, 6.07) is 7.07. The van der Waals surface area contributed by atoms with Crippen LogP contribution in [0.15, 0.2) is 24.3 Å². The van der Waals surface area contributed by atoms with Gasteiger partial charge in [0.1, 0.15) is 5.75 Å². The van der Waals surface area contributed by atoms with Gasteiger partial charge in [-0.1, -0.05) is 31.9 Å². The SMILES string of the molecule is CCCn1nnnc1NC(=O)c1cccc(OCC(C)C)c1. The van der Waals surface area contributed by atoms with Gasteiger partial charge in [0.05, 0.1) is 6.61 Å². The lowest BCUT2D eigenvalue weighted by molar-refractivity contribution is 0.102. The number of rotatable bonds is 7. The first-order valence-corrected chi connectivity index (χ1v) is 7.40. The van der Waals surface area contributed by atoms with E-state index in [0.29, 0.717) is 36.3 Å². The number of tetrazole rings is 1. The van der Waals surface area contributed by atoms with Crippen LogP contribution in [0.25, 0.3) is 0 Å². The lowest BCUT2D eigenvalue weighted by Gasteiger charge is -2.10. The van der Waals surface area contributed by atoms with Gasteiger partial charge in [0.2, 0.25) is 5.95 Å². The van der Waals surface area contributed by atoms with Crippen LogP contribution in [0.1, 0.15) is 37.6 Å². The summed E-state index contributed by atoms with van der Waals surface area (Å²) in [6.07, 6.45) is 0.881. The molecular weight excluding hydrogens is 282 g/mol. The third kappa shape index (κ3) is 4.28. The average Bonchev–Trinajstić information content (AvgIpc) is 2.93. The fourth-order valence-corrected chi connectivity index (χ4v) is 1.82. The van der Waals surface area contributed by atoms with Crippen molar-refractivity contribution < 1.29 is 9.53 Å². The van der Waals surface area contributed by atoms with Gasteiger partial charge in [0, 0.05) is 12.1 Å². The Morgan fingerprint density at radius 1 is 1.41 bits per heavy atom. The van der Waals surface area contributed by atoms with Crippen molar-refractivity contribution in [3.05, 3.63) is 29.8 Å². The lowest BCUT2D eigenvalue weighted by atomic mass is 10.2. The van der Waals surface area contributed by atoms with Crippen molar-refractivity contribution in [3.63, 3.8) is 0 Å². The van der Waals surface area contributed by atoms with Crippen molar-refractivity contribution in [2.24, 2.45) is 5.92 Å². The molecule has 1 aromatic carbocycles. The van der Waals surface area contributed by atoms with E-state index in [1.807, 2.05) is 13.0 Å². The fraction of sp³-hybridized carbons (Fsp3) is 0.467. The Labute approximate surface area is 129 Å². The molecule has 0 fully saturated rings. The van der Waals surface area contributed by atoms with Crippen LogP contribution in [-0.2, 0) is 6.54 Å². The second-order valence-corrected chi connectivity index (χ2v) is 5.41. The van der Waals surface area contributed by atoms with E-state index in [4.69, 9.17) is 4.74 Å². The highest BCUT2D eigenvalue weighted by Gasteiger charge is 2.12. The largest absolute Gasteiger partial charge is 0.493 e. The Balaban J connectivity index is 2.06. The molecule has 0 aliphatic carbocycles. The van der Waals surface area contributed by atoms with E-state index in [1.54, 1.807) is 22.9 Å². The number of benzene rings is 1. The third-order valence-corrected chi connectivity index (χ3v) is 2.87. The van der Waals surface area contributed by atoms with Crippen molar-refractivity contribution in [1.82, 2.24) is 20.2 Å². The van der Waals surface area contributed by atoms with Crippen LogP contribution in [0.4, 0.5) is 5.95 Å². The van der Waals surface area contributed by atoms with Gasteiger partial charge in [-0.05, 0) is 41.0 Å². The minimum Gasteiger partial charge on any atom is -0.493 e. The molecular formula is C15H21N5O2. The van der Waals surface area contributed by atoms with Gasteiger partial charge in [0.15, 0.2) is 0 Å². The van der Waals surface area contributed by atoms with E-state index in [0.717, 1.165) is 6.42 Å². The maximum absolute atomic E-state index is 12.3. The predicted octanol–water partition coefficient (Wildman–Crippen LogP) is 2.37. The molecule has 0 atom stereocenters. The van der Waals surface area contributed by atoms with E-state index in [-0.39, 0.29) is 5.91 Å². The number of hydrogen-bond acceptors (Lipinski definition) is 5. The first-order chi connectivity index (χ1) is 10.6. The Kier molecular flexibility index (Phi) is 5.46. The quantitative estimate of drug-likeness (QED) is 0.849. The first-order valence-electron chi connectivity index (χ1n) is 7.40. The summed E-state index contributed by atoms with van der Waals surface area (Å²) in [6.45, 7) is 7.43. The molecule has 1 heterocycles. The van der Waals surface area contributed by atoms with Crippen molar-refractivity contribution in [3.8, 4) is 5.75 Å².